The van der Waals surface area contributed by atoms with Crippen molar-refractivity contribution in [2.75, 3.05) is 26.2 Å². The smallest absolute Gasteiger partial charge is 0.244 e. The molecule has 0 unspecified atom stereocenters. The number of rotatable bonds is 7. The first-order chi connectivity index (χ1) is 12.5. The Kier molecular flexibility index (Phi) is 5.68. The monoisotopic (exact) mass is 357 g/mol. The third-order valence-corrected chi connectivity index (χ3v) is 4.87. The predicted octanol–water partition coefficient (Wildman–Crippen LogP) is 1.07. The second-order valence-corrected chi connectivity index (χ2v) is 7.16. The minimum atomic E-state index is -0.862. The molecule has 2 aromatic heterocycles. The van der Waals surface area contributed by atoms with Crippen molar-refractivity contribution >= 4 is 5.91 Å². The highest BCUT2D eigenvalue weighted by Gasteiger charge is 2.39. The Morgan fingerprint density at radius 2 is 2.15 bits per heavy atom. The predicted molar refractivity (Wildman–Crippen MR) is 98.3 cm³/mol. The Morgan fingerprint density at radius 3 is 2.81 bits per heavy atom. The largest absolute Gasteiger partial charge is 0.387 e. The van der Waals surface area contributed by atoms with Gasteiger partial charge in [-0.05, 0) is 43.1 Å². The van der Waals surface area contributed by atoms with Gasteiger partial charge in [0.25, 0.3) is 0 Å². The molecule has 1 N–H and O–H groups in total. The Morgan fingerprint density at radius 1 is 1.38 bits per heavy atom. The van der Waals surface area contributed by atoms with Gasteiger partial charge in [0.15, 0.2) is 0 Å². The normalized spacial score (nSPS) is 20.1. The first-order valence-corrected chi connectivity index (χ1v) is 9.08. The molecule has 0 spiro atoms. The van der Waals surface area contributed by atoms with Gasteiger partial charge in [-0.15, -0.1) is 0 Å². The molecule has 7 heteroatoms. The van der Waals surface area contributed by atoms with E-state index in [0.717, 1.165) is 18.7 Å². The van der Waals surface area contributed by atoms with Crippen LogP contribution in [0.3, 0.4) is 0 Å². The number of nitrogens with zero attached hydrogens (tertiary/aromatic N) is 5. The van der Waals surface area contributed by atoms with Crippen molar-refractivity contribution in [1.29, 1.82) is 0 Å². The van der Waals surface area contributed by atoms with Crippen LogP contribution in [0.15, 0.2) is 36.9 Å². The summed E-state index contributed by atoms with van der Waals surface area (Å²) in [7, 11) is 0. The summed E-state index contributed by atoms with van der Waals surface area (Å²) < 4.78 is 1.65. The van der Waals surface area contributed by atoms with Gasteiger partial charge in [-0.1, -0.05) is 6.92 Å². The van der Waals surface area contributed by atoms with Crippen LogP contribution in [-0.2, 0) is 17.9 Å². The molecule has 3 heterocycles. The number of amides is 1. The van der Waals surface area contributed by atoms with E-state index in [1.165, 1.54) is 5.56 Å². The molecule has 1 fully saturated rings. The highest BCUT2D eigenvalue weighted by atomic mass is 16.3. The third kappa shape index (κ3) is 4.68. The molecule has 0 aliphatic carbocycles. The van der Waals surface area contributed by atoms with Crippen LogP contribution in [0.25, 0.3) is 0 Å². The summed E-state index contributed by atoms with van der Waals surface area (Å²) in [6.45, 7) is 7.37. The summed E-state index contributed by atoms with van der Waals surface area (Å²) in [6, 6.07) is 3.98. The van der Waals surface area contributed by atoms with E-state index in [-0.39, 0.29) is 12.5 Å². The second kappa shape index (κ2) is 7.97. The molecular weight excluding hydrogens is 330 g/mol. The lowest BCUT2D eigenvalue weighted by molar-refractivity contribution is -0.132. The molecule has 0 bridgehead atoms. The van der Waals surface area contributed by atoms with Gasteiger partial charge in [-0.3, -0.25) is 19.4 Å². The van der Waals surface area contributed by atoms with Gasteiger partial charge in [0.2, 0.25) is 5.91 Å². The fourth-order valence-corrected chi connectivity index (χ4v) is 3.43. The number of carbonyl (C=O) groups is 1. The maximum atomic E-state index is 12.5. The Hall–Kier alpha value is -2.25. The summed E-state index contributed by atoms with van der Waals surface area (Å²) in [5, 5.41) is 15.2. The third-order valence-electron chi connectivity index (χ3n) is 4.87. The molecule has 0 saturated carbocycles. The van der Waals surface area contributed by atoms with E-state index >= 15 is 0 Å². The van der Waals surface area contributed by atoms with Gasteiger partial charge in [0.1, 0.15) is 6.54 Å². The molecule has 0 radical (unpaired) electrons. The maximum absolute atomic E-state index is 12.5. The molecule has 1 aliphatic heterocycles. The number of β-amino-alcohol motifs (C(OH)–C–C–N with tert-alkyl or cyclic N) is 1. The molecule has 7 nitrogen and oxygen atoms in total. The standard InChI is InChI=1S/C19H27N5O2/c1-3-22(12-17-4-7-20-8-5-17)14-19(26)6-9-23(15-19)18(25)13-24-11-16(2)10-21-24/h4-5,7-8,10-11,26H,3,6,9,12-15H2,1-2H3/t19-/m1/s1. The number of carbonyl (C=O) groups excluding carboxylic acids is 1. The summed E-state index contributed by atoms with van der Waals surface area (Å²) in [5.41, 5.74) is 1.34. The fourth-order valence-electron chi connectivity index (χ4n) is 3.43. The number of pyridine rings is 1. The van der Waals surface area contributed by atoms with Crippen LogP contribution in [-0.4, -0.2) is 67.4 Å². The lowest BCUT2D eigenvalue weighted by Crippen LogP contribution is -2.46. The number of likely N-dealkylation sites (tertiary alicyclic amines) is 1. The highest BCUT2D eigenvalue weighted by Crippen LogP contribution is 2.23. The molecule has 140 valence electrons. The topological polar surface area (TPSA) is 74.5 Å². The van der Waals surface area contributed by atoms with Crippen molar-refractivity contribution in [3.8, 4) is 0 Å². The average Bonchev–Trinajstić information content (AvgIpc) is 3.21. The van der Waals surface area contributed by atoms with Crippen molar-refractivity contribution in [1.82, 2.24) is 24.6 Å². The Labute approximate surface area is 154 Å². The van der Waals surface area contributed by atoms with E-state index in [9.17, 15) is 9.90 Å². The quantitative estimate of drug-likeness (QED) is 0.802. The highest BCUT2D eigenvalue weighted by molar-refractivity contribution is 5.76. The molecule has 26 heavy (non-hydrogen) atoms. The van der Waals surface area contributed by atoms with Crippen molar-refractivity contribution < 1.29 is 9.90 Å². The zero-order valence-corrected chi connectivity index (χ0v) is 15.5. The summed E-state index contributed by atoms with van der Waals surface area (Å²) in [6.07, 6.45) is 7.76. The van der Waals surface area contributed by atoms with Crippen LogP contribution in [0.5, 0.6) is 0 Å². The van der Waals surface area contributed by atoms with Crippen LogP contribution in [0.2, 0.25) is 0 Å². The summed E-state index contributed by atoms with van der Waals surface area (Å²) in [5.74, 6) is 0.00112. The molecule has 0 aromatic carbocycles. The molecular formula is C19H27N5O2. The first kappa shape index (κ1) is 18.5. The van der Waals surface area contributed by atoms with E-state index < -0.39 is 5.60 Å². The lowest BCUT2D eigenvalue weighted by Gasteiger charge is -2.30. The molecule has 1 atom stereocenters. The summed E-state index contributed by atoms with van der Waals surface area (Å²) >= 11 is 0. The van der Waals surface area contributed by atoms with E-state index in [1.54, 1.807) is 28.2 Å². The van der Waals surface area contributed by atoms with Crippen LogP contribution in [0.1, 0.15) is 24.5 Å². The minimum Gasteiger partial charge on any atom is -0.387 e. The molecule has 3 rings (SSSR count). The zero-order valence-electron chi connectivity index (χ0n) is 15.5. The van der Waals surface area contributed by atoms with E-state index in [2.05, 4.69) is 21.9 Å². The molecule has 1 amide bonds. The number of hydrogen-bond acceptors (Lipinski definition) is 5. The van der Waals surface area contributed by atoms with E-state index in [4.69, 9.17) is 0 Å². The molecule has 1 saturated heterocycles. The van der Waals surface area contributed by atoms with Gasteiger partial charge in [0.05, 0.1) is 18.3 Å². The van der Waals surface area contributed by atoms with Gasteiger partial charge in [-0.2, -0.15) is 5.10 Å². The Balaban J connectivity index is 1.55. The second-order valence-electron chi connectivity index (χ2n) is 7.16. The van der Waals surface area contributed by atoms with Gasteiger partial charge >= 0.3 is 0 Å². The van der Waals surface area contributed by atoms with Crippen LogP contribution < -0.4 is 0 Å². The average molecular weight is 357 g/mol. The van der Waals surface area contributed by atoms with Crippen LogP contribution >= 0.6 is 0 Å². The van der Waals surface area contributed by atoms with E-state index in [1.807, 2.05) is 25.3 Å². The number of likely N-dealkylation sites (N-methyl/N-ethyl adjacent to an activating group) is 1. The zero-order chi connectivity index (χ0) is 18.6. The molecule has 2 aromatic rings. The van der Waals surface area contributed by atoms with Crippen LogP contribution in [0, 0.1) is 6.92 Å². The number of hydrogen-bond donors (Lipinski definition) is 1. The van der Waals surface area contributed by atoms with E-state index in [0.29, 0.717) is 26.1 Å². The minimum absolute atomic E-state index is 0.00112. The number of aryl methyl sites for hydroxylation is 1. The van der Waals surface area contributed by atoms with Crippen molar-refractivity contribution in [3.05, 3.63) is 48.0 Å². The SMILES string of the molecule is CCN(Cc1ccncc1)C[C@]1(O)CCN(C(=O)Cn2cc(C)cn2)C1. The maximum Gasteiger partial charge on any atom is 0.244 e. The lowest BCUT2D eigenvalue weighted by atomic mass is 10.0. The number of aromatic nitrogens is 3. The van der Waals surface area contributed by atoms with Gasteiger partial charge < -0.3 is 10.0 Å². The molecule has 1 aliphatic rings. The number of aliphatic hydroxyl groups is 1. The van der Waals surface area contributed by atoms with Crippen molar-refractivity contribution in [2.45, 2.75) is 39.0 Å². The van der Waals surface area contributed by atoms with Gasteiger partial charge in [-0.25, -0.2) is 0 Å². The summed E-state index contributed by atoms with van der Waals surface area (Å²) in [4.78, 5) is 20.5. The Bertz CT molecular complexity index is 733. The fraction of sp³-hybridized carbons (Fsp3) is 0.526. The van der Waals surface area contributed by atoms with Gasteiger partial charge in [0, 0.05) is 38.2 Å². The van der Waals surface area contributed by atoms with Crippen molar-refractivity contribution in [3.63, 3.8) is 0 Å². The first-order valence-electron chi connectivity index (χ1n) is 9.08. The van der Waals surface area contributed by atoms with Crippen LogP contribution in [0.4, 0.5) is 0 Å². The van der Waals surface area contributed by atoms with Crippen molar-refractivity contribution in [2.24, 2.45) is 0 Å².